The molecular formula is C13H16N4O2. The maximum absolute atomic E-state index is 11.6. The van der Waals surface area contributed by atoms with Gasteiger partial charge in [-0.05, 0) is 12.1 Å². The number of benzene rings is 1. The van der Waals surface area contributed by atoms with E-state index < -0.39 is 0 Å². The number of aromatic nitrogens is 3. The van der Waals surface area contributed by atoms with Gasteiger partial charge in [-0.2, -0.15) is 0 Å². The van der Waals surface area contributed by atoms with Crippen molar-refractivity contribution in [2.75, 3.05) is 12.4 Å². The quantitative estimate of drug-likeness (QED) is 0.882. The summed E-state index contributed by atoms with van der Waals surface area (Å²) in [5.74, 6) is 1.36. The molecule has 0 unspecified atom stereocenters. The van der Waals surface area contributed by atoms with Crippen LogP contribution in [0.2, 0.25) is 0 Å². The third kappa shape index (κ3) is 2.90. The highest BCUT2D eigenvalue weighted by Gasteiger charge is 2.13. The predicted octanol–water partition coefficient (Wildman–Crippen LogP) is 2.07. The lowest BCUT2D eigenvalue weighted by Gasteiger charge is -2.05. The highest BCUT2D eigenvalue weighted by molar-refractivity contribution is 5.90. The third-order valence-corrected chi connectivity index (χ3v) is 2.61. The summed E-state index contributed by atoms with van der Waals surface area (Å²) in [6, 6.07) is 7.46. The summed E-state index contributed by atoms with van der Waals surface area (Å²) in [5, 5.41) is 10.6. The third-order valence-electron chi connectivity index (χ3n) is 2.61. The van der Waals surface area contributed by atoms with Crippen molar-refractivity contribution in [2.24, 2.45) is 5.92 Å². The van der Waals surface area contributed by atoms with E-state index in [1.54, 1.807) is 7.11 Å². The zero-order chi connectivity index (χ0) is 13.8. The molecule has 1 aromatic heterocycles. The molecule has 1 aromatic carbocycles. The van der Waals surface area contributed by atoms with Crippen molar-refractivity contribution in [2.45, 2.75) is 13.8 Å². The summed E-state index contributed by atoms with van der Waals surface area (Å²) in [5.41, 5.74) is 0.794. The van der Waals surface area contributed by atoms with Gasteiger partial charge in [-0.1, -0.05) is 26.0 Å². The van der Waals surface area contributed by atoms with Crippen molar-refractivity contribution < 1.29 is 9.53 Å². The van der Waals surface area contributed by atoms with E-state index in [1.807, 2.05) is 38.1 Å². The van der Waals surface area contributed by atoms with Gasteiger partial charge in [0.1, 0.15) is 5.75 Å². The van der Waals surface area contributed by atoms with Crippen LogP contribution in [0, 0.1) is 5.92 Å². The van der Waals surface area contributed by atoms with Gasteiger partial charge in [0.25, 0.3) is 0 Å². The summed E-state index contributed by atoms with van der Waals surface area (Å²) in [6.07, 6.45) is 0. The second kappa shape index (κ2) is 5.51. The molecule has 0 saturated carbocycles. The molecule has 1 heterocycles. The molecule has 1 amide bonds. The van der Waals surface area contributed by atoms with Crippen molar-refractivity contribution in [1.82, 2.24) is 15.2 Å². The molecule has 0 atom stereocenters. The fraction of sp³-hybridized carbons (Fsp3) is 0.308. The minimum absolute atomic E-state index is 0.109. The van der Waals surface area contributed by atoms with Gasteiger partial charge in [-0.3, -0.25) is 10.1 Å². The van der Waals surface area contributed by atoms with E-state index in [-0.39, 0.29) is 11.8 Å². The lowest BCUT2D eigenvalue weighted by atomic mass is 10.2. The molecule has 6 nitrogen and oxygen atoms in total. The van der Waals surface area contributed by atoms with Crippen LogP contribution in [-0.2, 0) is 4.79 Å². The number of H-pyrrole nitrogens is 1. The Labute approximate surface area is 111 Å². The minimum Gasteiger partial charge on any atom is -0.496 e. The number of nitrogens with one attached hydrogen (secondary N) is 2. The van der Waals surface area contributed by atoms with Crippen molar-refractivity contribution >= 4 is 11.9 Å². The molecule has 2 rings (SSSR count). The van der Waals surface area contributed by atoms with Crippen LogP contribution < -0.4 is 10.1 Å². The van der Waals surface area contributed by atoms with E-state index in [4.69, 9.17) is 4.74 Å². The van der Waals surface area contributed by atoms with Gasteiger partial charge in [-0.15, -0.1) is 10.2 Å². The van der Waals surface area contributed by atoms with Crippen LogP contribution >= 0.6 is 0 Å². The van der Waals surface area contributed by atoms with Crippen LogP contribution in [0.4, 0.5) is 5.95 Å². The molecule has 0 fully saturated rings. The molecule has 0 radical (unpaired) electrons. The van der Waals surface area contributed by atoms with Crippen LogP contribution in [0.5, 0.6) is 5.75 Å². The van der Waals surface area contributed by atoms with E-state index in [1.165, 1.54) is 0 Å². The Bertz CT molecular complexity index is 578. The molecule has 2 N–H and O–H groups in total. The SMILES string of the molecule is COc1ccccc1-c1nnc(NC(=O)C(C)C)[nH]1. The van der Waals surface area contributed by atoms with E-state index in [0.717, 1.165) is 5.56 Å². The highest BCUT2D eigenvalue weighted by Crippen LogP contribution is 2.26. The zero-order valence-electron chi connectivity index (χ0n) is 11.1. The molecule has 6 heteroatoms. The molecular weight excluding hydrogens is 244 g/mol. The number of anilines is 1. The average Bonchev–Trinajstić information content (AvgIpc) is 2.86. The fourth-order valence-corrected chi connectivity index (χ4v) is 1.54. The van der Waals surface area contributed by atoms with Gasteiger partial charge < -0.3 is 9.72 Å². The predicted molar refractivity (Wildman–Crippen MR) is 71.8 cm³/mol. The van der Waals surface area contributed by atoms with Crippen LogP contribution in [0.1, 0.15) is 13.8 Å². The van der Waals surface area contributed by atoms with E-state index in [0.29, 0.717) is 17.5 Å². The first-order valence-electron chi connectivity index (χ1n) is 5.98. The maximum Gasteiger partial charge on any atom is 0.229 e. The highest BCUT2D eigenvalue weighted by atomic mass is 16.5. The maximum atomic E-state index is 11.6. The molecule has 0 aliphatic heterocycles. The monoisotopic (exact) mass is 260 g/mol. The van der Waals surface area contributed by atoms with Gasteiger partial charge in [0.15, 0.2) is 5.82 Å². The summed E-state index contributed by atoms with van der Waals surface area (Å²) in [7, 11) is 1.59. The molecule has 19 heavy (non-hydrogen) atoms. The number of carbonyl (C=O) groups excluding carboxylic acids is 1. The van der Waals surface area contributed by atoms with Crippen molar-refractivity contribution in [3.8, 4) is 17.1 Å². The van der Waals surface area contributed by atoms with Crippen LogP contribution in [0.25, 0.3) is 11.4 Å². The number of methoxy groups -OCH3 is 1. The van der Waals surface area contributed by atoms with E-state index in [2.05, 4.69) is 20.5 Å². The Morgan fingerprint density at radius 3 is 2.74 bits per heavy atom. The van der Waals surface area contributed by atoms with Crippen LogP contribution in [-0.4, -0.2) is 28.2 Å². The van der Waals surface area contributed by atoms with E-state index >= 15 is 0 Å². The second-order valence-corrected chi connectivity index (χ2v) is 4.37. The first-order valence-corrected chi connectivity index (χ1v) is 5.98. The Morgan fingerprint density at radius 1 is 1.32 bits per heavy atom. The minimum atomic E-state index is -0.111. The number of nitrogens with zero attached hydrogens (tertiary/aromatic N) is 2. The Morgan fingerprint density at radius 2 is 2.05 bits per heavy atom. The average molecular weight is 260 g/mol. The fourth-order valence-electron chi connectivity index (χ4n) is 1.54. The molecule has 0 bridgehead atoms. The lowest BCUT2D eigenvalue weighted by molar-refractivity contribution is -0.118. The standard InChI is InChI=1S/C13H16N4O2/c1-8(2)12(18)15-13-14-11(16-17-13)9-6-4-5-7-10(9)19-3/h4-8H,1-3H3,(H2,14,15,16,17,18). The number of carbonyl (C=O) groups is 1. The van der Waals surface area contributed by atoms with Crippen molar-refractivity contribution in [3.63, 3.8) is 0 Å². The number of ether oxygens (including phenoxy) is 1. The largest absolute Gasteiger partial charge is 0.496 e. The first-order chi connectivity index (χ1) is 9.11. The summed E-state index contributed by atoms with van der Waals surface area (Å²) in [6.45, 7) is 3.62. The smallest absolute Gasteiger partial charge is 0.229 e. The van der Waals surface area contributed by atoms with Gasteiger partial charge in [0.05, 0.1) is 12.7 Å². The molecule has 0 aliphatic carbocycles. The van der Waals surface area contributed by atoms with Crippen LogP contribution in [0.3, 0.4) is 0 Å². The van der Waals surface area contributed by atoms with Gasteiger partial charge in [0.2, 0.25) is 11.9 Å². The number of para-hydroxylation sites is 1. The van der Waals surface area contributed by atoms with Gasteiger partial charge >= 0.3 is 0 Å². The number of rotatable bonds is 4. The zero-order valence-corrected chi connectivity index (χ0v) is 11.1. The summed E-state index contributed by atoms with van der Waals surface area (Å²) in [4.78, 5) is 14.5. The van der Waals surface area contributed by atoms with Crippen molar-refractivity contribution in [3.05, 3.63) is 24.3 Å². The first kappa shape index (κ1) is 13.1. The number of hydrogen-bond donors (Lipinski definition) is 2. The molecule has 100 valence electrons. The summed E-state index contributed by atoms with van der Waals surface area (Å²) < 4.78 is 5.25. The van der Waals surface area contributed by atoms with E-state index in [9.17, 15) is 4.79 Å². The number of hydrogen-bond acceptors (Lipinski definition) is 4. The summed E-state index contributed by atoms with van der Waals surface area (Å²) >= 11 is 0. The van der Waals surface area contributed by atoms with Gasteiger partial charge in [0, 0.05) is 5.92 Å². The molecule has 0 aliphatic rings. The molecule has 2 aromatic rings. The Balaban J connectivity index is 2.23. The topological polar surface area (TPSA) is 79.9 Å². The number of aromatic amines is 1. The molecule has 0 spiro atoms. The molecule has 0 saturated heterocycles. The number of amides is 1. The van der Waals surface area contributed by atoms with Gasteiger partial charge in [-0.25, -0.2) is 0 Å². The Hall–Kier alpha value is -2.37. The lowest BCUT2D eigenvalue weighted by Crippen LogP contribution is -2.18. The Kier molecular flexibility index (Phi) is 3.79. The van der Waals surface area contributed by atoms with Crippen molar-refractivity contribution in [1.29, 1.82) is 0 Å². The second-order valence-electron chi connectivity index (χ2n) is 4.37. The van der Waals surface area contributed by atoms with Crippen LogP contribution in [0.15, 0.2) is 24.3 Å². The normalized spacial score (nSPS) is 10.5.